The molecule has 3 rings (SSSR count). The maximum absolute atomic E-state index is 12.7. The normalized spacial score (nSPS) is 10.3. The van der Waals surface area contributed by atoms with Gasteiger partial charge in [-0.25, -0.2) is 0 Å². The smallest absolute Gasteiger partial charge is 0.256 e. The lowest BCUT2D eigenvalue weighted by molar-refractivity contribution is 0.102. The number of rotatable bonds is 5. The molecule has 0 radical (unpaired) electrons. The third kappa shape index (κ3) is 4.40. The summed E-state index contributed by atoms with van der Waals surface area (Å²) in [5.41, 5.74) is 3.06. The number of benzene rings is 3. The van der Waals surface area contributed by atoms with Crippen LogP contribution in [0.15, 0.2) is 72.8 Å². The van der Waals surface area contributed by atoms with Gasteiger partial charge in [0.2, 0.25) is 0 Å². The van der Waals surface area contributed by atoms with Crippen molar-refractivity contribution in [2.45, 2.75) is 13.5 Å². The molecule has 0 saturated carbocycles. The van der Waals surface area contributed by atoms with Gasteiger partial charge in [-0.15, -0.1) is 0 Å². The zero-order chi connectivity index (χ0) is 17.6. The van der Waals surface area contributed by atoms with E-state index in [4.69, 9.17) is 16.3 Å². The van der Waals surface area contributed by atoms with Crippen LogP contribution in [0.2, 0.25) is 5.02 Å². The summed E-state index contributed by atoms with van der Waals surface area (Å²) in [7, 11) is 0. The van der Waals surface area contributed by atoms with Crippen LogP contribution >= 0.6 is 11.6 Å². The van der Waals surface area contributed by atoms with Crippen molar-refractivity contribution in [3.05, 3.63) is 94.5 Å². The summed E-state index contributed by atoms with van der Waals surface area (Å²) in [6.07, 6.45) is 0. The van der Waals surface area contributed by atoms with Gasteiger partial charge in [-0.2, -0.15) is 0 Å². The average molecular weight is 352 g/mol. The lowest BCUT2D eigenvalue weighted by Crippen LogP contribution is -2.15. The number of hydrogen-bond acceptors (Lipinski definition) is 2. The van der Waals surface area contributed by atoms with Crippen molar-refractivity contribution in [3.63, 3.8) is 0 Å². The molecule has 0 unspecified atom stereocenters. The largest absolute Gasteiger partial charge is 0.489 e. The maximum Gasteiger partial charge on any atom is 0.256 e. The van der Waals surface area contributed by atoms with Crippen LogP contribution < -0.4 is 10.1 Å². The molecule has 0 aliphatic rings. The summed E-state index contributed by atoms with van der Waals surface area (Å²) in [6.45, 7) is 2.25. The van der Waals surface area contributed by atoms with Gasteiger partial charge in [-0.1, -0.05) is 54.1 Å². The topological polar surface area (TPSA) is 38.3 Å². The van der Waals surface area contributed by atoms with Gasteiger partial charge in [0.25, 0.3) is 5.91 Å². The molecule has 0 bridgehead atoms. The van der Waals surface area contributed by atoms with E-state index in [1.165, 1.54) is 0 Å². The van der Waals surface area contributed by atoms with Crippen LogP contribution in [0.5, 0.6) is 5.75 Å². The molecule has 0 spiro atoms. The first-order chi connectivity index (χ1) is 12.1. The van der Waals surface area contributed by atoms with Crippen molar-refractivity contribution in [1.82, 2.24) is 0 Å². The molecule has 3 nitrogen and oxygen atoms in total. The number of amides is 1. The molecule has 0 aliphatic heterocycles. The quantitative estimate of drug-likeness (QED) is 0.661. The van der Waals surface area contributed by atoms with Crippen molar-refractivity contribution < 1.29 is 9.53 Å². The third-order valence-corrected chi connectivity index (χ3v) is 4.08. The molecule has 4 heteroatoms. The SMILES string of the molecule is Cc1ccc(Cl)cc1NC(=O)c1ccccc1COc1ccccc1. The van der Waals surface area contributed by atoms with Crippen molar-refractivity contribution in [1.29, 1.82) is 0 Å². The molecular formula is C21H18ClNO2. The van der Waals surface area contributed by atoms with E-state index >= 15 is 0 Å². The maximum atomic E-state index is 12.7. The second-order valence-corrected chi connectivity index (χ2v) is 6.11. The Labute approximate surface area is 152 Å². The van der Waals surface area contributed by atoms with Gasteiger partial charge in [0.15, 0.2) is 0 Å². The van der Waals surface area contributed by atoms with Crippen molar-refractivity contribution in [3.8, 4) is 5.75 Å². The van der Waals surface area contributed by atoms with Gasteiger partial charge in [0, 0.05) is 21.8 Å². The molecule has 0 saturated heterocycles. The molecule has 25 heavy (non-hydrogen) atoms. The van der Waals surface area contributed by atoms with Crippen LogP contribution in [-0.4, -0.2) is 5.91 Å². The molecule has 0 heterocycles. The van der Waals surface area contributed by atoms with Crippen LogP contribution in [0, 0.1) is 6.92 Å². The second-order valence-electron chi connectivity index (χ2n) is 5.67. The number of hydrogen-bond donors (Lipinski definition) is 1. The number of para-hydroxylation sites is 1. The van der Waals surface area contributed by atoms with Crippen molar-refractivity contribution >= 4 is 23.2 Å². The lowest BCUT2D eigenvalue weighted by atomic mass is 10.1. The van der Waals surface area contributed by atoms with Crippen LogP contribution in [-0.2, 0) is 6.61 Å². The highest BCUT2D eigenvalue weighted by atomic mass is 35.5. The molecule has 0 aromatic heterocycles. The second kappa shape index (κ2) is 7.86. The number of anilines is 1. The summed E-state index contributed by atoms with van der Waals surface area (Å²) >= 11 is 6.02. The summed E-state index contributed by atoms with van der Waals surface area (Å²) in [5.74, 6) is 0.584. The standard InChI is InChI=1S/C21H18ClNO2/c1-15-11-12-17(22)13-20(15)23-21(24)19-10-6-5-7-16(19)14-25-18-8-3-2-4-9-18/h2-13H,14H2,1H3,(H,23,24). The van der Waals surface area contributed by atoms with Crippen LogP contribution in [0.3, 0.4) is 0 Å². The Hall–Kier alpha value is -2.78. The summed E-state index contributed by atoms with van der Waals surface area (Å²) in [6, 6.07) is 22.4. The summed E-state index contributed by atoms with van der Waals surface area (Å²) in [4.78, 5) is 12.7. The number of ether oxygens (including phenoxy) is 1. The minimum absolute atomic E-state index is 0.183. The minimum atomic E-state index is -0.183. The first kappa shape index (κ1) is 17.1. The van der Waals surface area contributed by atoms with Gasteiger partial charge in [0.1, 0.15) is 12.4 Å². The van der Waals surface area contributed by atoms with E-state index in [1.807, 2.05) is 61.5 Å². The fourth-order valence-corrected chi connectivity index (χ4v) is 2.64. The van der Waals surface area contributed by atoms with E-state index in [-0.39, 0.29) is 5.91 Å². The number of halogens is 1. The number of nitrogens with one attached hydrogen (secondary N) is 1. The van der Waals surface area contributed by atoms with Crippen LogP contribution in [0.25, 0.3) is 0 Å². The van der Waals surface area contributed by atoms with Gasteiger partial charge >= 0.3 is 0 Å². The highest BCUT2D eigenvalue weighted by molar-refractivity contribution is 6.31. The highest BCUT2D eigenvalue weighted by Gasteiger charge is 2.13. The Balaban J connectivity index is 1.77. The number of carbonyl (C=O) groups excluding carboxylic acids is 1. The zero-order valence-electron chi connectivity index (χ0n) is 13.8. The molecule has 1 N–H and O–H groups in total. The van der Waals surface area contributed by atoms with Gasteiger partial charge < -0.3 is 10.1 Å². The van der Waals surface area contributed by atoms with Gasteiger partial charge in [0.05, 0.1) is 0 Å². The fourth-order valence-electron chi connectivity index (χ4n) is 2.46. The molecule has 0 fully saturated rings. The highest BCUT2D eigenvalue weighted by Crippen LogP contribution is 2.22. The monoisotopic (exact) mass is 351 g/mol. The molecule has 3 aromatic carbocycles. The van der Waals surface area contributed by atoms with Gasteiger partial charge in [-0.05, 0) is 42.8 Å². The van der Waals surface area contributed by atoms with E-state index in [9.17, 15) is 4.79 Å². The summed E-state index contributed by atoms with van der Waals surface area (Å²) in [5, 5.41) is 3.51. The van der Waals surface area contributed by atoms with Crippen LogP contribution in [0.4, 0.5) is 5.69 Å². The Kier molecular flexibility index (Phi) is 5.36. The Morgan fingerprint density at radius 1 is 1.00 bits per heavy atom. The molecule has 126 valence electrons. The molecule has 1 amide bonds. The fraction of sp³-hybridized carbons (Fsp3) is 0.0952. The van der Waals surface area contributed by atoms with Crippen molar-refractivity contribution in [2.24, 2.45) is 0 Å². The predicted molar refractivity (Wildman–Crippen MR) is 101 cm³/mol. The number of aryl methyl sites for hydroxylation is 1. The van der Waals surface area contributed by atoms with E-state index in [0.717, 1.165) is 16.9 Å². The van der Waals surface area contributed by atoms with E-state index in [0.29, 0.717) is 22.9 Å². The van der Waals surface area contributed by atoms with E-state index < -0.39 is 0 Å². The lowest BCUT2D eigenvalue weighted by Gasteiger charge is -2.13. The Morgan fingerprint density at radius 3 is 2.52 bits per heavy atom. The first-order valence-corrected chi connectivity index (χ1v) is 8.34. The summed E-state index contributed by atoms with van der Waals surface area (Å²) < 4.78 is 5.77. The zero-order valence-corrected chi connectivity index (χ0v) is 14.6. The molecule has 0 aliphatic carbocycles. The molecular weight excluding hydrogens is 334 g/mol. The predicted octanol–water partition coefficient (Wildman–Crippen LogP) is 5.48. The molecule has 0 atom stereocenters. The Morgan fingerprint density at radius 2 is 1.72 bits per heavy atom. The van der Waals surface area contributed by atoms with E-state index in [2.05, 4.69) is 5.32 Å². The Bertz CT molecular complexity index is 878. The van der Waals surface area contributed by atoms with Crippen molar-refractivity contribution in [2.75, 3.05) is 5.32 Å². The van der Waals surface area contributed by atoms with Gasteiger partial charge in [-0.3, -0.25) is 4.79 Å². The number of carbonyl (C=O) groups is 1. The molecule has 3 aromatic rings. The minimum Gasteiger partial charge on any atom is -0.489 e. The van der Waals surface area contributed by atoms with Crippen LogP contribution in [0.1, 0.15) is 21.5 Å². The van der Waals surface area contributed by atoms with E-state index in [1.54, 1.807) is 18.2 Å². The first-order valence-electron chi connectivity index (χ1n) is 7.97. The third-order valence-electron chi connectivity index (χ3n) is 3.85. The average Bonchev–Trinajstić information content (AvgIpc) is 2.64.